The number of rotatable bonds is 10. The van der Waals surface area contributed by atoms with Crippen molar-refractivity contribution in [1.82, 2.24) is 15.2 Å². The largest absolute Gasteiger partial charge is 0.481 e. The number of carbonyl (C=O) groups excluding carboxylic acids is 3. The molecule has 2 aromatic rings. The van der Waals surface area contributed by atoms with Crippen LogP contribution in [0.1, 0.15) is 74.3 Å². The third-order valence-electron chi connectivity index (χ3n) is 7.50. The fraction of sp³-hybridized carbons (Fsp3) is 0.455. The van der Waals surface area contributed by atoms with Gasteiger partial charge in [0.1, 0.15) is 0 Å². The number of benzene rings is 1. The highest BCUT2D eigenvalue weighted by Gasteiger charge is 2.35. The number of urea groups is 1. The van der Waals surface area contributed by atoms with E-state index in [1.165, 1.54) is 6.92 Å². The highest BCUT2D eigenvalue weighted by atomic mass is 16.5. The molecule has 0 saturated carbocycles. The van der Waals surface area contributed by atoms with Gasteiger partial charge in [-0.1, -0.05) is 39.3 Å². The molecule has 0 bridgehead atoms. The summed E-state index contributed by atoms with van der Waals surface area (Å²) in [6.07, 6.45) is 4.25. The first-order valence-corrected chi connectivity index (χ1v) is 13.9. The average molecular weight is 563 g/mol. The molecule has 0 spiro atoms. The van der Waals surface area contributed by atoms with Crippen LogP contribution in [0.5, 0.6) is 5.88 Å². The van der Waals surface area contributed by atoms with Crippen LogP contribution >= 0.6 is 0 Å². The van der Waals surface area contributed by atoms with Crippen molar-refractivity contribution in [1.29, 1.82) is 0 Å². The average Bonchev–Trinajstić information content (AvgIpc) is 2.90. The molecule has 0 unspecified atom stereocenters. The lowest BCUT2D eigenvalue weighted by Gasteiger charge is -2.37. The molecule has 0 fully saturated rings. The van der Waals surface area contributed by atoms with Gasteiger partial charge in [0.15, 0.2) is 5.78 Å². The topological polar surface area (TPSA) is 101 Å². The molecule has 0 aliphatic heterocycles. The second kappa shape index (κ2) is 13.6. The summed E-state index contributed by atoms with van der Waals surface area (Å²) in [6.45, 7) is 19.2. The molecule has 0 saturated heterocycles. The highest BCUT2D eigenvalue weighted by molar-refractivity contribution is 6.00. The van der Waals surface area contributed by atoms with Gasteiger partial charge in [-0.2, -0.15) is 0 Å². The number of hydrogen-bond donors (Lipinski definition) is 2. The number of aromatic nitrogens is 1. The number of allylic oxidation sites excluding steroid dienone is 2. The molecule has 1 aromatic heterocycles. The molecule has 3 amide bonds. The van der Waals surface area contributed by atoms with E-state index in [2.05, 4.69) is 36.4 Å². The summed E-state index contributed by atoms with van der Waals surface area (Å²) in [7, 11) is 1.57. The second-order valence-electron chi connectivity index (χ2n) is 11.9. The number of pyridine rings is 1. The highest BCUT2D eigenvalue weighted by Crippen LogP contribution is 2.29. The minimum atomic E-state index is -0.987. The molecule has 8 nitrogen and oxygen atoms in total. The number of nitrogens with one attached hydrogen (secondary N) is 2. The lowest BCUT2D eigenvalue weighted by atomic mass is 9.86. The van der Waals surface area contributed by atoms with Crippen molar-refractivity contribution in [2.75, 3.05) is 19.0 Å². The molecule has 2 rings (SSSR count). The zero-order chi connectivity index (χ0) is 31.1. The first-order valence-electron chi connectivity index (χ1n) is 13.9. The lowest BCUT2D eigenvalue weighted by Crippen LogP contribution is -2.53. The molecule has 1 heterocycles. The van der Waals surface area contributed by atoms with E-state index in [0.29, 0.717) is 35.8 Å². The maximum atomic E-state index is 13.8. The predicted octanol–water partition coefficient (Wildman–Crippen LogP) is 7.06. The van der Waals surface area contributed by atoms with E-state index in [0.717, 1.165) is 22.3 Å². The SMILES string of the molecule is CCCN(C(=O)/C(C)=C(/C=C(\C)C(C)(C)C)NC(=O)Nc1ccc(C)c(-c2ccc(OC)nc2)c1)C(C)(C)C(C)=O. The summed E-state index contributed by atoms with van der Waals surface area (Å²) < 4.78 is 5.16. The van der Waals surface area contributed by atoms with Gasteiger partial charge in [-0.3, -0.25) is 9.59 Å². The van der Waals surface area contributed by atoms with Gasteiger partial charge >= 0.3 is 6.03 Å². The van der Waals surface area contributed by atoms with Gasteiger partial charge in [0.05, 0.1) is 18.3 Å². The van der Waals surface area contributed by atoms with E-state index in [4.69, 9.17) is 4.74 Å². The molecule has 0 aliphatic carbocycles. The Balaban J connectivity index is 2.47. The molecule has 8 heteroatoms. The molecular formula is C33H46N4O4. The van der Waals surface area contributed by atoms with Crippen LogP contribution in [0.4, 0.5) is 10.5 Å². The van der Waals surface area contributed by atoms with Crippen molar-refractivity contribution >= 4 is 23.4 Å². The van der Waals surface area contributed by atoms with Crippen LogP contribution in [0.15, 0.2) is 59.4 Å². The van der Waals surface area contributed by atoms with Gasteiger partial charge in [-0.15, -0.1) is 0 Å². The zero-order valence-electron chi connectivity index (χ0n) is 26.5. The van der Waals surface area contributed by atoms with Gasteiger partial charge in [-0.05, 0) is 88.8 Å². The summed E-state index contributed by atoms with van der Waals surface area (Å²) in [5.41, 5.74) is 3.96. The van der Waals surface area contributed by atoms with E-state index >= 15 is 0 Å². The van der Waals surface area contributed by atoms with Crippen LogP contribution in [0, 0.1) is 12.3 Å². The predicted molar refractivity (Wildman–Crippen MR) is 166 cm³/mol. The molecular weight excluding hydrogens is 516 g/mol. The van der Waals surface area contributed by atoms with Crippen LogP contribution in [-0.4, -0.2) is 46.8 Å². The van der Waals surface area contributed by atoms with Crippen molar-refractivity contribution in [3.8, 4) is 17.0 Å². The minimum Gasteiger partial charge on any atom is -0.481 e. The molecule has 41 heavy (non-hydrogen) atoms. The van der Waals surface area contributed by atoms with Gasteiger partial charge < -0.3 is 20.3 Å². The smallest absolute Gasteiger partial charge is 0.323 e. The molecule has 0 atom stereocenters. The Labute approximate surface area is 245 Å². The number of Topliss-reactive ketones (excluding diaryl/α,β-unsaturated/α-hetero) is 1. The Kier molecular flexibility index (Phi) is 11.0. The molecule has 222 valence electrons. The van der Waals surface area contributed by atoms with Crippen molar-refractivity contribution in [3.05, 3.63) is 65.0 Å². The van der Waals surface area contributed by atoms with Crippen LogP contribution in [0.25, 0.3) is 11.1 Å². The number of ether oxygens (including phenoxy) is 1. The van der Waals surface area contributed by atoms with Crippen molar-refractivity contribution in [3.63, 3.8) is 0 Å². The fourth-order valence-electron chi connectivity index (χ4n) is 3.99. The maximum Gasteiger partial charge on any atom is 0.323 e. The first-order chi connectivity index (χ1) is 19.0. The Morgan fingerprint density at radius 1 is 1.02 bits per heavy atom. The van der Waals surface area contributed by atoms with Gasteiger partial charge in [0.25, 0.3) is 5.91 Å². The number of nitrogens with zero attached hydrogens (tertiary/aromatic N) is 2. The number of aryl methyl sites for hydroxylation is 1. The third kappa shape index (κ3) is 8.52. The quantitative estimate of drug-likeness (QED) is 0.238. The Hall–Kier alpha value is -3.94. The fourth-order valence-corrected chi connectivity index (χ4v) is 3.99. The lowest BCUT2D eigenvalue weighted by molar-refractivity contribution is -0.141. The van der Waals surface area contributed by atoms with E-state index < -0.39 is 11.6 Å². The molecule has 0 aliphatic rings. The summed E-state index contributed by atoms with van der Waals surface area (Å²) in [5, 5.41) is 5.81. The number of anilines is 1. The first kappa shape index (κ1) is 33.3. The van der Waals surface area contributed by atoms with Crippen LogP contribution < -0.4 is 15.4 Å². The Morgan fingerprint density at radius 2 is 1.68 bits per heavy atom. The monoisotopic (exact) mass is 562 g/mol. The van der Waals surface area contributed by atoms with Crippen LogP contribution in [-0.2, 0) is 9.59 Å². The molecule has 2 N–H and O–H groups in total. The zero-order valence-corrected chi connectivity index (χ0v) is 26.5. The summed E-state index contributed by atoms with van der Waals surface area (Å²) in [4.78, 5) is 45.4. The van der Waals surface area contributed by atoms with E-state index in [9.17, 15) is 14.4 Å². The van der Waals surface area contributed by atoms with Gasteiger partial charge in [-0.25, -0.2) is 9.78 Å². The van der Waals surface area contributed by atoms with E-state index in [1.807, 2.05) is 51.1 Å². The Bertz CT molecular complexity index is 1330. The van der Waals surface area contributed by atoms with E-state index in [1.54, 1.807) is 45.0 Å². The van der Waals surface area contributed by atoms with Crippen LogP contribution in [0.2, 0.25) is 0 Å². The Morgan fingerprint density at radius 3 is 2.20 bits per heavy atom. The van der Waals surface area contributed by atoms with Crippen LogP contribution in [0.3, 0.4) is 0 Å². The number of ketones is 1. The van der Waals surface area contributed by atoms with Crippen molar-refractivity contribution < 1.29 is 19.1 Å². The van der Waals surface area contributed by atoms with Gasteiger partial charge in [0, 0.05) is 35.6 Å². The summed E-state index contributed by atoms with van der Waals surface area (Å²) in [5.74, 6) is 0.111. The van der Waals surface area contributed by atoms with E-state index in [-0.39, 0.29) is 17.1 Å². The number of amides is 3. The number of methoxy groups -OCH3 is 1. The second-order valence-corrected chi connectivity index (χ2v) is 11.9. The van der Waals surface area contributed by atoms with Gasteiger partial charge in [0.2, 0.25) is 5.88 Å². The maximum absolute atomic E-state index is 13.8. The minimum absolute atomic E-state index is 0.108. The molecule has 1 aromatic carbocycles. The third-order valence-corrected chi connectivity index (χ3v) is 7.50. The standard InChI is InChI=1S/C33H46N4O4/c1-12-17-37(33(9,10)24(5)38)30(39)23(4)28(18-22(3)32(6,7)8)36-31(40)35-26-15-13-21(2)27(19-26)25-14-16-29(41-11)34-20-25/h13-16,18-20H,12,17H2,1-11H3,(H2,35,36,40)/b22-18+,28-23-. The normalized spacial score (nSPS) is 12.8. The number of hydrogen-bond acceptors (Lipinski definition) is 5. The van der Waals surface area contributed by atoms with Crippen molar-refractivity contribution in [2.24, 2.45) is 5.41 Å². The summed E-state index contributed by atoms with van der Waals surface area (Å²) >= 11 is 0. The molecule has 0 radical (unpaired) electrons. The summed E-state index contributed by atoms with van der Waals surface area (Å²) in [6, 6.07) is 8.85. The van der Waals surface area contributed by atoms with Crippen molar-refractivity contribution in [2.45, 2.75) is 81.2 Å². The number of carbonyl (C=O) groups is 3.